The van der Waals surface area contributed by atoms with Crippen molar-refractivity contribution in [3.05, 3.63) is 30.3 Å². The maximum atomic E-state index is 10.4. The summed E-state index contributed by atoms with van der Waals surface area (Å²) < 4.78 is 10.4. The second-order valence-electron chi connectivity index (χ2n) is 2.12. The number of aliphatic hydroxyl groups excluding tert-OH is 2. The molecule has 0 heterocycles. The van der Waals surface area contributed by atoms with E-state index in [-0.39, 0.29) is 13.2 Å². The van der Waals surface area contributed by atoms with Crippen LogP contribution in [0.4, 0.5) is 0 Å². The topological polar surface area (TPSA) is 77.8 Å². The molecule has 0 aliphatic heterocycles. The van der Waals surface area contributed by atoms with Crippen LogP contribution in [0.25, 0.3) is 0 Å². The van der Waals surface area contributed by atoms with Gasteiger partial charge in [-0.15, -0.1) is 0 Å². The van der Waals surface area contributed by atoms with Crippen LogP contribution in [0.15, 0.2) is 30.3 Å². The lowest BCUT2D eigenvalue weighted by Crippen LogP contribution is -1.91. The van der Waals surface area contributed by atoms with Crippen LogP contribution in [-0.4, -0.2) is 28.3 Å². The molecule has 5 heteroatoms. The van der Waals surface area contributed by atoms with Crippen molar-refractivity contribution in [1.82, 2.24) is 0 Å². The zero-order valence-corrected chi connectivity index (χ0v) is 8.05. The molecule has 0 radical (unpaired) electrons. The molecule has 0 aliphatic carbocycles. The summed E-state index contributed by atoms with van der Waals surface area (Å²) in [6, 6.07) is 8.58. The number of benzene rings is 1. The van der Waals surface area contributed by atoms with Crippen molar-refractivity contribution in [3.8, 4) is 0 Å². The van der Waals surface area contributed by atoms with Crippen molar-refractivity contribution >= 4 is 13.3 Å². The third-order valence-electron chi connectivity index (χ3n) is 1.12. The molecule has 0 fully saturated rings. The first-order valence-corrected chi connectivity index (χ1v) is 5.08. The fourth-order valence-electron chi connectivity index (χ4n) is 0.581. The van der Waals surface area contributed by atoms with E-state index < -0.39 is 8.03 Å². The Balaban J connectivity index is 0.000000310. The van der Waals surface area contributed by atoms with Crippen molar-refractivity contribution < 1.29 is 19.7 Å². The molecule has 1 unspecified atom stereocenters. The van der Waals surface area contributed by atoms with Gasteiger partial charge in [0.25, 0.3) is 0 Å². The van der Waals surface area contributed by atoms with Crippen LogP contribution in [0.3, 0.4) is 0 Å². The molecule has 0 saturated carbocycles. The van der Waals surface area contributed by atoms with Gasteiger partial charge in [-0.05, 0) is 12.1 Å². The average Bonchev–Trinajstić information content (AvgIpc) is 2.19. The van der Waals surface area contributed by atoms with E-state index in [0.717, 1.165) is 0 Å². The van der Waals surface area contributed by atoms with E-state index in [1.165, 1.54) is 0 Å². The van der Waals surface area contributed by atoms with Crippen molar-refractivity contribution in [2.45, 2.75) is 0 Å². The zero-order chi connectivity index (χ0) is 10.1. The molecule has 0 saturated heterocycles. The van der Waals surface area contributed by atoms with Gasteiger partial charge in [0.1, 0.15) is 0 Å². The monoisotopic (exact) mass is 204 g/mol. The first-order valence-electron chi connectivity index (χ1n) is 3.72. The number of hydrogen-bond acceptors (Lipinski definition) is 3. The molecule has 0 bridgehead atoms. The van der Waals surface area contributed by atoms with Crippen LogP contribution >= 0.6 is 8.03 Å². The molecule has 1 atom stereocenters. The van der Waals surface area contributed by atoms with Crippen molar-refractivity contribution in [2.24, 2.45) is 0 Å². The standard InChI is InChI=1S/C6H7O2P.C2H6O2/c7-9(8)6-4-2-1-3-5-6;3-1-2-4/h1-5,9H,(H,7,8);3-4H,1-2H2. The van der Waals surface area contributed by atoms with Crippen LogP contribution < -0.4 is 5.30 Å². The van der Waals surface area contributed by atoms with Gasteiger partial charge in [-0.3, -0.25) is 4.57 Å². The van der Waals surface area contributed by atoms with Crippen molar-refractivity contribution in [3.63, 3.8) is 0 Å². The van der Waals surface area contributed by atoms with E-state index in [2.05, 4.69) is 0 Å². The van der Waals surface area contributed by atoms with Gasteiger partial charge in [0.05, 0.1) is 13.2 Å². The van der Waals surface area contributed by atoms with E-state index in [0.29, 0.717) is 5.30 Å². The van der Waals surface area contributed by atoms with Crippen LogP contribution in [0.1, 0.15) is 0 Å². The van der Waals surface area contributed by atoms with Crippen LogP contribution in [-0.2, 0) is 4.57 Å². The maximum absolute atomic E-state index is 10.4. The summed E-state index contributed by atoms with van der Waals surface area (Å²) in [6.07, 6.45) is 0. The number of aliphatic hydroxyl groups is 2. The lowest BCUT2D eigenvalue weighted by molar-refractivity contribution is 0.186. The Morgan fingerprint density at radius 1 is 1.08 bits per heavy atom. The highest BCUT2D eigenvalue weighted by atomic mass is 31.1. The summed E-state index contributed by atoms with van der Waals surface area (Å²) >= 11 is 0. The second-order valence-corrected chi connectivity index (χ2v) is 3.31. The molecule has 1 rings (SSSR count). The summed E-state index contributed by atoms with van der Waals surface area (Å²) in [4.78, 5) is 8.57. The van der Waals surface area contributed by atoms with Gasteiger partial charge in [-0.2, -0.15) is 0 Å². The molecule has 1 aromatic carbocycles. The fraction of sp³-hybridized carbons (Fsp3) is 0.250. The van der Waals surface area contributed by atoms with Crippen LogP contribution in [0.2, 0.25) is 0 Å². The first-order chi connectivity index (χ1) is 6.22. The van der Waals surface area contributed by atoms with Crippen LogP contribution in [0.5, 0.6) is 0 Å². The molecular weight excluding hydrogens is 191 g/mol. The SMILES string of the molecule is O=[PH](O)c1ccccc1.OCCO. The Kier molecular flexibility index (Phi) is 7.54. The Morgan fingerprint density at radius 3 is 1.77 bits per heavy atom. The average molecular weight is 204 g/mol. The van der Waals surface area contributed by atoms with Crippen molar-refractivity contribution in [1.29, 1.82) is 0 Å². The van der Waals surface area contributed by atoms with Gasteiger partial charge < -0.3 is 15.1 Å². The summed E-state index contributed by atoms with van der Waals surface area (Å²) in [6.45, 7) is -0.250. The highest BCUT2D eigenvalue weighted by Gasteiger charge is 1.92. The molecule has 74 valence electrons. The maximum Gasteiger partial charge on any atom is 0.218 e. The minimum Gasteiger partial charge on any atom is -0.394 e. The molecule has 0 spiro atoms. The predicted molar refractivity (Wildman–Crippen MR) is 51.5 cm³/mol. The Labute approximate surface area is 77.3 Å². The van der Waals surface area contributed by atoms with Crippen molar-refractivity contribution in [2.75, 3.05) is 13.2 Å². The van der Waals surface area contributed by atoms with Gasteiger partial charge in [-0.1, -0.05) is 18.2 Å². The second kappa shape index (κ2) is 7.95. The van der Waals surface area contributed by atoms with E-state index in [1.807, 2.05) is 6.07 Å². The third kappa shape index (κ3) is 6.49. The largest absolute Gasteiger partial charge is 0.394 e. The molecule has 0 amide bonds. The fourth-order valence-corrected chi connectivity index (χ4v) is 1.06. The summed E-state index contributed by atoms with van der Waals surface area (Å²) in [5.41, 5.74) is 0. The quantitative estimate of drug-likeness (QED) is 0.580. The van der Waals surface area contributed by atoms with E-state index in [9.17, 15) is 4.57 Å². The van der Waals surface area contributed by atoms with Gasteiger partial charge in [0, 0.05) is 5.30 Å². The van der Waals surface area contributed by atoms with Gasteiger partial charge >= 0.3 is 0 Å². The van der Waals surface area contributed by atoms with E-state index >= 15 is 0 Å². The summed E-state index contributed by atoms with van der Waals surface area (Å²) in [5.74, 6) is 0. The third-order valence-corrected chi connectivity index (χ3v) is 1.95. The summed E-state index contributed by atoms with van der Waals surface area (Å²) in [7, 11) is -2.46. The smallest absolute Gasteiger partial charge is 0.218 e. The molecule has 13 heavy (non-hydrogen) atoms. The molecule has 3 N–H and O–H groups in total. The molecular formula is C8H13O4P. The lowest BCUT2D eigenvalue weighted by Gasteiger charge is -1.90. The molecule has 4 nitrogen and oxygen atoms in total. The number of hydrogen-bond donors (Lipinski definition) is 3. The highest BCUT2D eigenvalue weighted by molar-refractivity contribution is 7.47. The Morgan fingerprint density at radius 2 is 1.54 bits per heavy atom. The highest BCUT2D eigenvalue weighted by Crippen LogP contribution is 2.10. The Hall–Kier alpha value is -0.670. The van der Waals surface area contributed by atoms with Gasteiger partial charge in [0.2, 0.25) is 8.03 Å². The van der Waals surface area contributed by atoms with Gasteiger partial charge in [-0.25, -0.2) is 0 Å². The lowest BCUT2D eigenvalue weighted by atomic mass is 10.4. The number of rotatable bonds is 2. The van der Waals surface area contributed by atoms with Gasteiger partial charge in [0.15, 0.2) is 0 Å². The minimum atomic E-state index is -2.46. The minimum absolute atomic E-state index is 0.125. The first kappa shape index (κ1) is 12.3. The zero-order valence-electron chi connectivity index (χ0n) is 7.05. The molecule has 1 aromatic rings. The summed E-state index contributed by atoms with van der Waals surface area (Å²) in [5, 5.41) is 15.8. The van der Waals surface area contributed by atoms with E-state index in [4.69, 9.17) is 15.1 Å². The molecule has 0 aromatic heterocycles. The Bertz CT molecular complexity index is 235. The molecule has 0 aliphatic rings. The van der Waals surface area contributed by atoms with E-state index in [1.54, 1.807) is 24.3 Å². The normalized spacial score (nSPS) is 11.3. The van der Waals surface area contributed by atoms with Crippen LogP contribution in [0, 0.1) is 0 Å². The predicted octanol–water partition coefficient (Wildman–Crippen LogP) is -0.250.